The van der Waals surface area contributed by atoms with E-state index in [9.17, 15) is 0 Å². The van der Waals surface area contributed by atoms with Crippen molar-refractivity contribution in [1.82, 2.24) is 14.9 Å². The molecule has 1 aromatic carbocycles. The quantitative estimate of drug-likeness (QED) is 0.708. The summed E-state index contributed by atoms with van der Waals surface area (Å²) in [6.45, 7) is 7.39. The Bertz CT molecular complexity index is 950. The fourth-order valence-corrected chi connectivity index (χ4v) is 4.54. The third-order valence-electron chi connectivity index (χ3n) is 5.05. The zero-order valence-corrected chi connectivity index (χ0v) is 15.5. The fourth-order valence-electron chi connectivity index (χ4n) is 3.65. The van der Waals surface area contributed by atoms with Gasteiger partial charge in [-0.15, -0.1) is 11.3 Å². The molecule has 1 fully saturated rings. The molecule has 3 aromatic rings. The van der Waals surface area contributed by atoms with Crippen LogP contribution in [0.25, 0.3) is 10.2 Å². The van der Waals surface area contributed by atoms with Crippen LogP contribution in [0.4, 0.5) is 5.82 Å². The van der Waals surface area contributed by atoms with Gasteiger partial charge >= 0.3 is 0 Å². The Balaban J connectivity index is 1.28. The second-order valence-corrected chi connectivity index (χ2v) is 7.61. The molecule has 6 nitrogen and oxygen atoms in total. The van der Waals surface area contributed by atoms with Crippen molar-refractivity contribution in [1.29, 1.82) is 0 Å². The molecule has 0 amide bonds. The maximum Gasteiger partial charge on any atom is 0.231 e. The van der Waals surface area contributed by atoms with Crippen molar-refractivity contribution >= 4 is 27.4 Å². The lowest BCUT2D eigenvalue weighted by molar-refractivity contribution is 0.174. The predicted octanol–water partition coefficient (Wildman–Crippen LogP) is 3.05. The average molecular weight is 368 g/mol. The van der Waals surface area contributed by atoms with E-state index in [4.69, 9.17) is 9.47 Å². The number of rotatable bonds is 3. The van der Waals surface area contributed by atoms with E-state index in [1.165, 1.54) is 16.5 Å². The van der Waals surface area contributed by atoms with Crippen LogP contribution in [0, 0.1) is 6.92 Å². The second kappa shape index (κ2) is 6.41. The molecule has 2 aliphatic heterocycles. The van der Waals surface area contributed by atoms with E-state index in [-0.39, 0.29) is 0 Å². The van der Waals surface area contributed by atoms with Gasteiger partial charge in [-0.2, -0.15) is 0 Å². The van der Waals surface area contributed by atoms with Gasteiger partial charge in [0.15, 0.2) is 11.5 Å². The van der Waals surface area contributed by atoms with Crippen LogP contribution in [0.5, 0.6) is 11.5 Å². The predicted molar refractivity (Wildman–Crippen MR) is 102 cm³/mol. The molecule has 7 heteroatoms. The molecule has 2 aromatic heterocycles. The van der Waals surface area contributed by atoms with Crippen molar-refractivity contribution in [2.24, 2.45) is 0 Å². The lowest BCUT2D eigenvalue weighted by Crippen LogP contribution is -2.46. The molecule has 0 N–H and O–H groups in total. The molecule has 4 heterocycles. The van der Waals surface area contributed by atoms with Gasteiger partial charge in [-0.1, -0.05) is 6.07 Å². The van der Waals surface area contributed by atoms with Gasteiger partial charge in [-0.05, 0) is 35.6 Å². The summed E-state index contributed by atoms with van der Waals surface area (Å²) >= 11 is 1.69. The van der Waals surface area contributed by atoms with Crippen molar-refractivity contribution in [2.75, 3.05) is 37.9 Å². The highest BCUT2D eigenvalue weighted by atomic mass is 32.1. The zero-order valence-electron chi connectivity index (χ0n) is 14.6. The van der Waals surface area contributed by atoms with Crippen molar-refractivity contribution < 1.29 is 9.47 Å². The molecular weight excluding hydrogens is 348 g/mol. The van der Waals surface area contributed by atoms with Crippen molar-refractivity contribution in [3.05, 3.63) is 41.0 Å². The minimum absolute atomic E-state index is 0.326. The molecule has 0 atom stereocenters. The number of benzene rings is 1. The van der Waals surface area contributed by atoms with Gasteiger partial charge in [0.05, 0.1) is 5.39 Å². The normalized spacial score (nSPS) is 17.2. The first-order valence-corrected chi connectivity index (χ1v) is 9.70. The highest BCUT2D eigenvalue weighted by molar-refractivity contribution is 7.17. The molecule has 0 bridgehead atoms. The van der Waals surface area contributed by atoms with Gasteiger partial charge in [-0.3, -0.25) is 4.90 Å². The van der Waals surface area contributed by atoms with Gasteiger partial charge in [0, 0.05) is 32.7 Å². The van der Waals surface area contributed by atoms with Crippen LogP contribution in [0.1, 0.15) is 11.1 Å². The Morgan fingerprint density at radius 3 is 2.81 bits per heavy atom. The molecule has 0 radical (unpaired) electrons. The van der Waals surface area contributed by atoms with Gasteiger partial charge in [0.2, 0.25) is 6.79 Å². The molecule has 134 valence electrons. The van der Waals surface area contributed by atoms with Crippen LogP contribution in [0.2, 0.25) is 0 Å². The topological polar surface area (TPSA) is 50.7 Å². The van der Waals surface area contributed by atoms with E-state index in [1.807, 2.05) is 6.07 Å². The second-order valence-electron chi connectivity index (χ2n) is 6.75. The lowest BCUT2D eigenvalue weighted by Gasteiger charge is -2.35. The third-order valence-corrected chi connectivity index (χ3v) is 6.05. The molecule has 2 aliphatic rings. The van der Waals surface area contributed by atoms with E-state index in [0.717, 1.165) is 54.9 Å². The molecule has 1 saturated heterocycles. The average Bonchev–Trinajstić information content (AvgIpc) is 3.29. The van der Waals surface area contributed by atoms with E-state index in [2.05, 4.69) is 44.2 Å². The first-order chi connectivity index (χ1) is 12.8. The standard InChI is InChI=1S/C19H20N4O2S/c1-13-10-26-19-17(13)18(20-11-21-19)23-6-4-22(5-7-23)9-14-2-3-15-16(8-14)25-12-24-15/h2-3,8,10-11H,4-7,9,12H2,1H3. The Labute approximate surface area is 156 Å². The van der Waals surface area contributed by atoms with E-state index < -0.39 is 0 Å². The van der Waals surface area contributed by atoms with Gasteiger partial charge in [-0.25, -0.2) is 9.97 Å². The molecule has 0 spiro atoms. The molecule has 0 aliphatic carbocycles. The number of anilines is 1. The number of piperazine rings is 1. The van der Waals surface area contributed by atoms with Crippen LogP contribution in [0.3, 0.4) is 0 Å². The Kier molecular flexibility index (Phi) is 3.90. The van der Waals surface area contributed by atoms with E-state index >= 15 is 0 Å². The first kappa shape index (κ1) is 15.8. The first-order valence-electron chi connectivity index (χ1n) is 8.82. The number of hydrogen-bond donors (Lipinski definition) is 0. The van der Waals surface area contributed by atoms with Crippen LogP contribution >= 0.6 is 11.3 Å². The Hall–Kier alpha value is -2.38. The summed E-state index contributed by atoms with van der Waals surface area (Å²) in [4.78, 5) is 14.9. The molecular formula is C19H20N4O2S. The van der Waals surface area contributed by atoms with Gasteiger partial charge in [0.25, 0.3) is 0 Å². The summed E-state index contributed by atoms with van der Waals surface area (Å²) in [5.41, 5.74) is 2.53. The number of fused-ring (bicyclic) bond motifs is 2. The monoisotopic (exact) mass is 368 g/mol. The summed E-state index contributed by atoms with van der Waals surface area (Å²) in [7, 11) is 0. The van der Waals surface area contributed by atoms with E-state index in [0.29, 0.717) is 6.79 Å². The smallest absolute Gasteiger partial charge is 0.231 e. The molecule has 5 rings (SSSR count). The Morgan fingerprint density at radius 1 is 1.08 bits per heavy atom. The fraction of sp³-hybridized carbons (Fsp3) is 0.368. The number of nitrogens with zero attached hydrogens (tertiary/aromatic N) is 4. The number of hydrogen-bond acceptors (Lipinski definition) is 7. The van der Waals surface area contributed by atoms with Crippen molar-refractivity contribution in [3.8, 4) is 11.5 Å². The maximum atomic E-state index is 5.49. The van der Waals surface area contributed by atoms with Crippen molar-refractivity contribution in [3.63, 3.8) is 0 Å². The number of thiophene rings is 1. The highest BCUT2D eigenvalue weighted by Gasteiger charge is 2.22. The lowest BCUT2D eigenvalue weighted by atomic mass is 10.1. The zero-order chi connectivity index (χ0) is 17.5. The number of aromatic nitrogens is 2. The SMILES string of the molecule is Cc1csc2ncnc(N3CCN(Cc4ccc5c(c4)OCO5)CC3)c12. The van der Waals surface area contributed by atoms with Crippen molar-refractivity contribution in [2.45, 2.75) is 13.5 Å². The summed E-state index contributed by atoms with van der Waals surface area (Å²) in [5, 5.41) is 3.38. The van der Waals surface area contributed by atoms with Crippen LogP contribution < -0.4 is 14.4 Å². The minimum atomic E-state index is 0.326. The minimum Gasteiger partial charge on any atom is -0.454 e. The Morgan fingerprint density at radius 2 is 1.92 bits per heavy atom. The number of aryl methyl sites for hydroxylation is 1. The largest absolute Gasteiger partial charge is 0.454 e. The highest BCUT2D eigenvalue weighted by Crippen LogP contribution is 2.33. The third kappa shape index (κ3) is 2.77. The molecule has 0 unspecified atom stereocenters. The van der Waals surface area contributed by atoms with Crippen LogP contribution in [-0.4, -0.2) is 47.8 Å². The summed E-state index contributed by atoms with van der Waals surface area (Å²) in [6, 6.07) is 6.23. The van der Waals surface area contributed by atoms with Crippen LogP contribution in [0.15, 0.2) is 29.9 Å². The van der Waals surface area contributed by atoms with Gasteiger partial charge < -0.3 is 14.4 Å². The maximum absolute atomic E-state index is 5.49. The number of ether oxygens (including phenoxy) is 2. The summed E-state index contributed by atoms with van der Waals surface area (Å²) in [6.07, 6.45) is 1.69. The van der Waals surface area contributed by atoms with Crippen LogP contribution in [-0.2, 0) is 6.54 Å². The molecule has 0 saturated carbocycles. The van der Waals surface area contributed by atoms with Gasteiger partial charge in [0.1, 0.15) is 17.0 Å². The summed E-state index contributed by atoms with van der Waals surface area (Å²) < 4.78 is 10.9. The van der Waals surface area contributed by atoms with E-state index in [1.54, 1.807) is 17.7 Å². The summed E-state index contributed by atoms with van der Waals surface area (Å²) in [5.74, 6) is 2.78. The molecule has 26 heavy (non-hydrogen) atoms.